The molecule has 0 aliphatic rings. The number of anilines is 1. The number of aryl methyl sites for hydroxylation is 2. The smallest absolute Gasteiger partial charge is 0.142 e. The molecule has 0 fully saturated rings. The van der Waals surface area contributed by atoms with Gasteiger partial charge in [0, 0.05) is 46.7 Å². The van der Waals surface area contributed by atoms with Gasteiger partial charge in [0.25, 0.3) is 0 Å². The fourth-order valence-corrected chi connectivity index (χ4v) is 3.83. The van der Waals surface area contributed by atoms with Crippen molar-refractivity contribution in [3.63, 3.8) is 0 Å². The number of pyridine rings is 2. The number of halogens is 1. The Morgan fingerprint density at radius 3 is 2.48 bits per heavy atom. The molecule has 1 atom stereocenters. The summed E-state index contributed by atoms with van der Waals surface area (Å²) >= 11 is 0. The molecule has 0 bridgehead atoms. The molecular weight excluding hydrogens is 417 g/mol. The Labute approximate surface area is 190 Å². The Balaban J connectivity index is 1.43. The van der Waals surface area contributed by atoms with Crippen LogP contribution in [0.1, 0.15) is 29.9 Å². The fraction of sp³-hybridized carbons (Fsp3) is 0.154. The highest BCUT2D eigenvalue weighted by Gasteiger charge is 2.12. The predicted octanol–water partition coefficient (Wildman–Crippen LogP) is 6.28. The molecule has 5 rings (SSSR count). The van der Waals surface area contributed by atoms with Gasteiger partial charge in [-0.05, 0) is 62.2 Å². The Hall–Kier alpha value is -4.13. The van der Waals surface area contributed by atoms with Crippen LogP contribution < -0.4 is 5.32 Å². The van der Waals surface area contributed by atoms with Gasteiger partial charge in [0.1, 0.15) is 23.0 Å². The minimum atomic E-state index is -0.378. The van der Waals surface area contributed by atoms with Gasteiger partial charge < -0.3 is 9.73 Å². The highest BCUT2D eigenvalue weighted by molar-refractivity contribution is 5.85. The lowest BCUT2D eigenvalue weighted by Crippen LogP contribution is -2.09. The van der Waals surface area contributed by atoms with E-state index in [0.717, 1.165) is 38.9 Å². The molecule has 0 spiro atoms. The minimum Gasteiger partial charge on any atom is -0.464 e. The van der Waals surface area contributed by atoms with Gasteiger partial charge in [0.15, 0.2) is 0 Å². The lowest BCUT2D eigenvalue weighted by atomic mass is 10.0. The average molecular weight is 439 g/mol. The Kier molecular flexibility index (Phi) is 5.30. The second kappa shape index (κ2) is 8.43. The standard InChI is InChI=1S/C26H22FN5O/c1-15-14-33-25-5-4-18(8-23(15)25)24-9-26(32-17(3)31-24)30-16(2)19-6-20(11-28-10-19)21-7-22(27)13-29-12-21/h4-14,16H,1-3H3,(H,30,31,32)/t16-/m0/s1. The lowest BCUT2D eigenvalue weighted by molar-refractivity contribution is 0.613. The molecule has 0 saturated heterocycles. The molecule has 0 saturated carbocycles. The minimum absolute atomic E-state index is 0.0836. The van der Waals surface area contributed by atoms with E-state index in [1.807, 2.05) is 45.0 Å². The van der Waals surface area contributed by atoms with Crippen molar-refractivity contribution in [1.82, 2.24) is 19.9 Å². The van der Waals surface area contributed by atoms with Gasteiger partial charge >= 0.3 is 0 Å². The molecular formula is C26H22FN5O. The van der Waals surface area contributed by atoms with Crippen molar-refractivity contribution in [1.29, 1.82) is 0 Å². The Morgan fingerprint density at radius 2 is 1.67 bits per heavy atom. The molecule has 0 radical (unpaired) electrons. The maximum atomic E-state index is 13.6. The van der Waals surface area contributed by atoms with Gasteiger partial charge in [-0.15, -0.1) is 0 Å². The first-order valence-corrected chi connectivity index (χ1v) is 10.6. The summed E-state index contributed by atoms with van der Waals surface area (Å²) in [4.78, 5) is 17.5. The van der Waals surface area contributed by atoms with Crippen molar-refractivity contribution in [3.05, 3.63) is 90.2 Å². The first-order chi connectivity index (χ1) is 16.0. The second-order valence-electron chi connectivity index (χ2n) is 8.08. The van der Waals surface area contributed by atoms with Crippen LogP contribution in [0.2, 0.25) is 0 Å². The van der Waals surface area contributed by atoms with Crippen molar-refractivity contribution >= 4 is 16.8 Å². The van der Waals surface area contributed by atoms with E-state index in [0.29, 0.717) is 17.2 Å². The van der Waals surface area contributed by atoms with Crippen LogP contribution >= 0.6 is 0 Å². The van der Waals surface area contributed by atoms with Crippen LogP contribution in [0.5, 0.6) is 0 Å². The fourth-order valence-electron chi connectivity index (χ4n) is 3.83. The number of furan rings is 1. The lowest BCUT2D eigenvalue weighted by Gasteiger charge is -2.16. The second-order valence-corrected chi connectivity index (χ2v) is 8.08. The zero-order valence-corrected chi connectivity index (χ0v) is 18.5. The molecule has 33 heavy (non-hydrogen) atoms. The predicted molar refractivity (Wildman–Crippen MR) is 126 cm³/mol. The number of nitrogens with zero attached hydrogens (tertiary/aromatic N) is 4. The van der Waals surface area contributed by atoms with Crippen LogP contribution in [0.4, 0.5) is 10.2 Å². The van der Waals surface area contributed by atoms with Crippen molar-refractivity contribution < 1.29 is 8.81 Å². The first-order valence-electron chi connectivity index (χ1n) is 10.6. The summed E-state index contributed by atoms with van der Waals surface area (Å²) in [7, 11) is 0. The maximum Gasteiger partial charge on any atom is 0.142 e. The zero-order valence-electron chi connectivity index (χ0n) is 18.5. The summed E-state index contributed by atoms with van der Waals surface area (Å²) in [5.41, 5.74) is 6.20. The number of fused-ring (bicyclic) bond motifs is 1. The van der Waals surface area contributed by atoms with Crippen molar-refractivity contribution in [2.45, 2.75) is 26.8 Å². The molecule has 5 aromatic rings. The SMILES string of the molecule is Cc1nc(N[C@@H](C)c2cncc(-c3cncc(F)c3)c2)cc(-c2ccc3occ(C)c3c2)n1. The highest BCUT2D eigenvalue weighted by Crippen LogP contribution is 2.29. The molecule has 0 unspecified atom stereocenters. The summed E-state index contributed by atoms with van der Waals surface area (Å²) in [6.07, 6.45) is 8.06. The molecule has 0 amide bonds. The van der Waals surface area contributed by atoms with Gasteiger partial charge in [-0.3, -0.25) is 9.97 Å². The molecule has 1 N–H and O–H groups in total. The van der Waals surface area contributed by atoms with Gasteiger partial charge in [0.05, 0.1) is 24.2 Å². The molecule has 7 heteroatoms. The van der Waals surface area contributed by atoms with Gasteiger partial charge in [0.2, 0.25) is 0 Å². The third-order valence-corrected chi connectivity index (χ3v) is 5.56. The van der Waals surface area contributed by atoms with E-state index in [2.05, 4.69) is 31.3 Å². The van der Waals surface area contributed by atoms with Crippen LogP contribution in [0.3, 0.4) is 0 Å². The highest BCUT2D eigenvalue weighted by atomic mass is 19.1. The Morgan fingerprint density at radius 1 is 0.879 bits per heavy atom. The quantitative estimate of drug-likeness (QED) is 0.347. The Bertz CT molecular complexity index is 1460. The zero-order chi connectivity index (χ0) is 22.9. The van der Waals surface area contributed by atoms with E-state index in [9.17, 15) is 4.39 Å². The van der Waals surface area contributed by atoms with E-state index in [1.165, 1.54) is 12.3 Å². The van der Waals surface area contributed by atoms with Crippen LogP contribution in [-0.4, -0.2) is 19.9 Å². The average Bonchev–Trinajstić information content (AvgIpc) is 3.19. The number of hydrogen-bond acceptors (Lipinski definition) is 6. The van der Waals surface area contributed by atoms with Crippen LogP contribution in [0.25, 0.3) is 33.4 Å². The number of nitrogens with one attached hydrogen (secondary N) is 1. The van der Waals surface area contributed by atoms with Crippen molar-refractivity contribution in [3.8, 4) is 22.4 Å². The monoisotopic (exact) mass is 439 g/mol. The van der Waals surface area contributed by atoms with Gasteiger partial charge in [-0.25, -0.2) is 14.4 Å². The number of benzene rings is 1. The molecule has 0 aliphatic carbocycles. The summed E-state index contributed by atoms with van der Waals surface area (Å²) in [5.74, 6) is 1.01. The molecule has 1 aromatic carbocycles. The molecule has 4 aromatic heterocycles. The molecule has 0 aliphatic heterocycles. The summed E-state index contributed by atoms with van der Waals surface area (Å²) < 4.78 is 19.2. The molecule has 4 heterocycles. The normalized spacial score (nSPS) is 12.1. The van der Waals surface area contributed by atoms with Crippen LogP contribution in [-0.2, 0) is 0 Å². The third-order valence-electron chi connectivity index (χ3n) is 5.56. The third kappa shape index (κ3) is 4.30. The van der Waals surface area contributed by atoms with E-state index in [-0.39, 0.29) is 11.9 Å². The maximum absolute atomic E-state index is 13.6. The van der Waals surface area contributed by atoms with Crippen LogP contribution in [0, 0.1) is 19.7 Å². The van der Waals surface area contributed by atoms with E-state index in [4.69, 9.17) is 4.42 Å². The first kappa shape index (κ1) is 20.8. The summed E-state index contributed by atoms with van der Waals surface area (Å²) in [5, 5.41) is 4.51. The van der Waals surface area contributed by atoms with E-state index >= 15 is 0 Å². The van der Waals surface area contributed by atoms with Crippen LogP contribution in [0.15, 0.2) is 71.9 Å². The summed E-state index contributed by atoms with van der Waals surface area (Å²) in [6.45, 7) is 5.93. The molecule has 6 nitrogen and oxygen atoms in total. The van der Waals surface area contributed by atoms with Gasteiger partial charge in [-0.2, -0.15) is 0 Å². The largest absolute Gasteiger partial charge is 0.464 e. The van der Waals surface area contributed by atoms with Crippen molar-refractivity contribution in [2.24, 2.45) is 0 Å². The number of rotatable bonds is 5. The molecule has 164 valence electrons. The van der Waals surface area contributed by atoms with Gasteiger partial charge in [-0.1, -0.05) is 0 Å². The van der Waals surface area contributed by atoms with Crippen molar-refractivity contribution in [2.75, 3.05) is 5.32 Å². The number of aromatic nitrogens is 4. The van der Waals surface area contributed by atoms with E-state index in [1.54, 1.807) is 24.9 Å². The summed E-state index contributed by atoms with van der Waals surface area (Å²) in [6, 6.07) is 11.3. The number of hydrogen-bond donors (Lipinski definition) is 1. The van der Waals surface area contributed by atoms with E-state index < -0.39 is 0 Å². The topological polar surface area (TPSA) is 76.7 Å².